The number of nitrogens with one attached hydrogen (secondary N) is 1. The topological polar surface area (TPSA) is 55.1 Å². The molecular formula is C15H17N5. The van der Waals surface area contributed by atoms with Crippen LogP contribution in [-0.4, -0.2) is 19.4 Å². The Morgan fingerprint density at radius 2 is 2.00 bits per heavy atom. The Kier molecular flexibility index (Phi) is 3.43. The molecule has 5 heteroatoms. The second-order valence-corrected chi connectivity index (χ2v) is 4.77. The van der Waals surface area contributed by atoms with Gasteiger partial charge in [-0.05, 0) is 32.0 Å². The van der Waals surface area contributed by atoms with Crippen LogP contribution in [0.2, 0.25) is 0 Å². The number of hydrogen-bond donors (Lipinski definition) is 1. The average molecular weight is 267 g/mol. The summed E-state index contributed by atoms with van der Waals surface area (Å²) in [5, 5.41) is 3.41. The Morgan fingerprint density at radius 3 is 2.85 bits per heavy atom. The van der Waals surface area contributed by atoms with Gasteiger partial charge in [0.05, 0.1) is 17.1 Å². The van der Waals surface area contributed by atoms with Crippen LogP contribution in [0.3, 0.4) is 0 Å². The predicted molar refractivity (Wildman–Crippen MR) is 77.2 cm³/mol. The van der Waals surface area contributed by atoms with E-state index in [4.69, 9.17) is 0 Å². The number of rotatable bonds is 4. The van der Waals surface area contributed by atoms with Crippen LogP contribution in [0, 0.1) is 13.8 Å². The highest BCUT2D eigenvalue weighted by atomic mass is 15.0. The lowest BCUT2D eigenvalue weighted by molar-refractivity contribution is 0.657. The third-order valence-corrected chi connectivity index (χ3v) is 3.26. The molecule has 5 nitrogen and oxygen atoms in total. The van der Waals surface area contributed by atoms with Crippen LogP contribution in [0.1, 0.15) is 22.9 Å². The molecule has 3 heterocycles. The Bertz CT molecular complexity index is 732. The summed E-state index contributed by atoms with van der Waals surface area (Å²) in [4.78, 5) is 13.0. The predicted octanol–water partition coefficient (Wildman–Crippen LogP) is 2.03. The van der Waals surface area contributed by atoms with Crippen LogP contribution in [-0.2, 0) is 13.1 Å². The van der Waals surface area contributed by atoms with E-state index in [1.54, 1.807) is 6.20 Å². The molecule has 0 saturated carbocycles. The molecule has 1 N–H and O–H groups in total. The molecule has 0 unspecified atom stereocenters. The van der Waals surface area contributed by atoms with E-state index >= 15 is 0 Å². The maximum Gasteiger partial charge on any atom is 0.137 e. The maximum absolute atomic E-state index is 4.55. The van der Waals surface area contributed by atoms with Gasteiger partial charge in [-0.1, -0.05) is 6.07 Å². The van der Waals surface area contributed by atoms with Crippen molar-refractivity contribution < 1.29 is 0 Å². The summed E-state index contributed by atoms with van der Waals surface area (Å²) >= 11 is 0. The van der Waals surface area contributed by atoms with Crippen LogP contribution in [0.25, 0.3) is 5.65 Å². The molecule has 0 spiro atoms. The van der Waals surface area contributed by atoms with Gasteiger partial charge in [0.2, 0.25) is 0 Å². The average Bonchev–Trinajstić information content (AvgIpc) is 2.75. The van der Waals surface area contributed by atoms with Gasteiger partial charge in [-0.15, -0.1) is 0 Å². The summed E-state index contributed by atoms with van der Waals surface area (Å²) in [5.41, 5.74) is 4.23. The largest absolute Gasteiger partial charge is 0.305 e. The fraction of sp³-hybridized carbons (Fsp3) is 0.267. The highest BCUT2D eigenvalue weighted by Crippen LogP contribution is 2.11. The number of hydrogen-bond acceptors (Lipinski definition) is 4. The quantitative estimate of drug-likeness (QED) is 0.786. The molecule has 0 aliphatic carbocycles. The minimum atomic E-state index is 0.725. The van der Waals surface area contributed by atoms with Crippen molar-refractivity contribution in [3.05, 3.63) is 59.6 Å². The summed E-state index contributed by atoms with van der Waals surface area (Å²) in [6, 6.07) is 7.97. The normalized spacial score (nSPS) is 11.1. The van der Waals surface area contributed by atoms with E-state index in [0.717, 1.165) is 35.9 Å². The Hall–Kier alpha value is -2.27. The molecule has 0 aliphatic heterocycles. The van der Waals surface area contributed by atoms with E-state index in [-0.39, 0.29) is 0 Å². The number of imidazole rings is 1. The lowest BCUT2D eigenvalue weighted by Crippen LogP contribution is -2.16. The van der Waals surface area contributed by atoms with Crippen molar-refractivity contribution in [1.29, 1.82) is 0 Å². The van der Waals surface area contributed by atoms with Crippen molar-refractivity contribution in [2.45, 2.75) is 26.9 Å². The van der Waals surface area contributed by atoms with Crippen LogP contribution >= 0.6 is 0 Å². The lowest BCUT2D eigenvalue weighted by atomic mass is 10.3. The zero-order valence-electron chi connectivity index (χ0n) is 11.7. The smallest absolute Gasteiger partial charge is 0.137 e. The SMILES string of the molecule is Cc1nccc(CNCc2c(C)nc3ccccn23)n1. The van der Waals surface area contributed by atoms with Crippen LogP contribution in [0.4, 0.5) is 0 Å². The van der Waals surface area contributed by atoms with E-state index in [1.165, 1.54) is 5.69 Å². The standard InChI is InChI=1S/C15H17N5/c1-11-14(20-8-4-3-5-15(20)18-11)10-16-9-13-6-7-17-12(2)19-13/h3-8,16H,9-10H2,1-2H3. The number of aryl methyl sites for hydroxylation is 2. The van der Waals surface area contributed by atoms with Crippen LogP contribution < -0.4 is 5.32 Å². The van der Waals surface area contributed by atoms with E-state index in [2.05, 4.69) is 24.7 Å². The zero-order valence-corrected chi connectivity index (χ0v) is 11.7. The first-order valence-corrected chi connectivity index (χ1v) is 6.66. The van der Waals surface area contributed by atoms with Gasteiger partial charge in [0.15, 0.2) is 0 Å². The van der Waals surface area contributed by atoms with Crippen molar-refractivity contribution in [2.24, 2.45) is 0 Å². The molecule has 0 atom stereocenters. The first-order chi connectivity index (χ1) is 9.74. The molecule has 0 aromatic carbocycles. The van der Waals surface area contributed by atoms with Crippen LogP contribution in [0.5, 0.6) is 0 Å². The fourth-order valence-corrected chi connectivity index (χ4v) is 2.29. The van der Waals surface area contributed by atoms with Gasteiger partial charge in [0.1, 0.15) is 11.5 Å². The lowest BCUT2D eigenvalue weighted by Gasteiger charge is -2.06. The molecule has 3 aromatic heterocycles. The van der Waals surface area contributed by atoms with Crippen molar-refractivity contribution in [1.82, 2.24) is 24.7 Å². The molecule has 0 saturated heterocycles. The number of aromatic nitrogens is 4. The van der Waals surface area contributed by atoms with E-state index in [9.17, 15) is 0 Å². The van der Waals surface area contributed by atoms with Gasteiger partial charge in [0, 0.05) is 25.5 Å². The molecule has 102 valence electrons. The molecule has 0 amide bonds. The summed E-state index contributed by atoms with van der Waals surface area (Å²) in [6.45, 7) is 5.43. The minimum absolute atomic E-state index is 0.725. The first-order valence-electron chi connectivity index (χ1n) is 6.66. The fourth-order valence-electron chi connectivity index (χ4n) is 2.29. The van der Waals surface area contributed by atoms with Gasteiger partial charge in [-0.25, -0.2) is 15.0 Å². The molecule has 0 bridgehead atoms. The summed E-state index contributed by atoms with van der Waals surface area (Å²) in [5.74, 6) is 0.801. The van der Waals surface area contributed by atoms with Gasteiger partial charge >= 0.3 is 0 Å². The van der Waals surface area contributed by atoms with Gasteiger partial charge < -0.3 is 9.72 Å². The van der Waals surface area contributed by atoms with Crippen molar-refractivity contribution in [3.8, 4) is 0 Å². The van der Waals surface area contributed by atoms with Crippen molar-refractivity contribution in [2.75, 3.05) is 0 Å². The first kappa shape index (κ1) is 12.7. The van der Waals surface area contributed by atoms with Crippen molar-refractivity contribution in [3.63, 3.8) is 0 Å². The Labute approximate surface area is 117 Å². The second kappa shape index (κ2) is 5.38. The van der Waals surface area contributed by atoms with Gasteiger partial charge in [-0.2, -0.15) is 0 Å². The highest BCUT2D eigenvalue weighted by molar-refractivity contribution is 5.42. The molecule has 0 fully saturated rings. The third kappa shape index (κ3) is 2.53. The molecule has 20 heavy (non-hydrogen) atoms. The molecule has 3 rings (SSSR count). The Morgan fingerprint density at radius 1 is 1.10 bits per heavy atom. The van der Waals surface area contributed by atoms with Gasteiger partial charge in [0.25, 0.3) is 0 Å². The second-order valence-electron chi connectivity index (χ2n) is 4.77. The summed E-state index contributed by atoms with van der Waals surface area (Å²) in [7, 11) is 0. The Balaban J connectivity index is 1.73. The van der Waals surface area contributed by atoms with E-state index < -0.39 is 0 Å². The van der Waals surface area contributed by atoms with E-state index in [1.807, 2.05) is 44.3 Å². The molecule has 0 aliphatic rings. The molecular weight excluding hydrogens is 250 g/mol. The number of fused-ring (bicyclic) bond motifs is 1. The number of nitrogens with zero attached hydrogens (tertiary/aromatic N) is 4. The van der Waals surface area contributed by atoms with E-state index in [0.29, 0.717) is 0 Å². The maximum atomic E-state index is 4.55. The van der Waals surface area contributed by atoms with Gasteiger partial charge in [-0.3, -0.25) is 0 Å². The molecule has 3 aromatic rings. The monoisotopic (exact) mass is 267 g/mol. The molecule has 0 radical (unpaired) electrons. The summed E-state index contributed by atoms with van der Waals surface area (Å²) in [6.07, 6.45) is 3.83. The van der Waals surface area contributed by atoms with Crippen LogP contribution in [0.15, 0.2) is 36.7 Å². The highest BCUT2D eigenvalue weighted by Gasteiger charge is 2.07. The summed E-state index contributed by atoms with van der Waals surface area (Å²) < 4.78 is 2.12. The minimum Gasteiger partial charge on any atom is -0.305 e. The number of pyridine rings is 1. The zero-order chi connectivity index (χ0) is 13.9. The third-order valence-electron chi connectivity index (χ3n) is 3.26. The van der Waals surface area contributed by atoms with Crippen molar-refractivity contribution >= 4 is 5.65 Å².